The van der Waals surface area contributed by atoms with Gasteiger partial charge in [0.05, 0.1) is 0 Å². The van der Waals surface area contributed by atoms with Gasteiger partial charge in [0.25, 0.3) is 0 Å². The lowest BCUT2D eigenvalue weighted by molar-refractivity contribution is -0.634. The fourth-order valence-electron chi connectivity index (χ4n) is 2.77. The molecular formula is C17H15N2S+. The van der Waals surface area contributed by atoms with Gasteiger partial charge >= 0.3 is 4.96 Å². The van der Waals surface area contributed by atoms with Crippen LogP contribution in [0.3, 0.4) is 0 Å². The molecule has 2 heterocycles. The van der Waals surface area contributed by atoms with Crippen molar-refractivity contribution >= 4 is 27.3 Å². The molecule has 2 aromatic heterocycles. The van der Waals surface area contributed by atoms with E-state index >= 15 is 0 Å². The van der Waals surface area contributed by atoms with Crippen LogP contribution in [0.5, 0.6) is 0 Å². The maximum Gasteiger partial charge on any atom is 0.347 e. The predicted octanol–water partition coefficient (Wildman–Crippen LogP) is 3.80. The third-order valence-electron chi connectivity index (χ3n) is 3.71. The maximum absolute atomic E-state index is 2.41. The maximum atomic E-state index is 2.41. The Bertz CT molecular complexity index is 887. The summed E-state index contributed by atoms with van der Waals surface area (Å²) in [5.74, 6) is 0. The monoisotopic (exact) mass is 279 g/mol. The lowest BCUT2D eigenvalue weighted by Crippen LogP contribution is -2.33. The van der Waals surface area contributed by atoms with Crippen LogP contribution in [0.4, 0.5) is 0 Å². The van der Waals surface area contributed by atoms with E-state index in [4.69, 9.17) is 0 Å². The van der Waals surface area contributed by atoms with E-state index in [2.05, 4.69) is 75.9 Å². The first-order valence-electron chi connectivity index (χ1n) is 6.75. The van der Waals surface area contributed by atoms with Gasteiger partial charge in [-0.05, 0) is 24.6 Å². The highest BCUT2D eigenvalue weighted by Crippen LogP contribution is 2.22. The molecule has 0 unspecified atom stereocenters. The molecule has 20 heavy (non-hydrogen) atoms. The number of imidazole rings is 1. The summed E-state index contributed by atoms with van der Waals surface area (Å²) in [6, 6.07) is 19.3. The van der Waals surface area contributed by atoms with Gasteiger partial charge in [-0.1, -0.05) is 53.8 Å². The molecule has 3 heteroatoms. The van der Waals surface area contributed by atoms with E-state index in [1.165, 1.54) is 27.3 Å². The second kappa shape index (κ2) is 4.46. The second-order valence-corrected chi connectivity index (χ2v) is 5.89. The van der Waals surface area contributed by atoms with Crippen LogP contribution in [-0.2, 0) is 6.54 Å². The van der Waals surface area contributed by atoms with E-state index in [1.807, 2.05) is 11.3 Å². The summed E-state index contributed by atoms with van der Waals surface area (Å²) in [4.78, 5) is 1.30. The first-order chi connectivity index (χ1) is 9.84. The number of para-hydroxylation sites is 2. The van der Waals surface area contributed by atoms with Crippen LogP contribution < -0.4 is 4.57 Å². The number of rotatable bonds is 2. The van der Waals surface area contributed by atoms with E-state index in [-0.39, 0.29) is 0 Å². The molecule has 0 aliphatic heterocycles. The molecule has 0 saturated heterocycles. The number of aryl methyl sites for hydroxylation is 1. The molecule has 0 amide bonds. The molecule has 0 N–H and O–H groups in total. The molecule has 0 spiro atoms. The highest BCUT2D eigenvalue weighted by Gasteiger charge is 2.21. The van der Waals surface area contributed by atoms with Crippen molar-refractivity contribution < 1.29 is 4.57 Å². The molecule has 4 aromatic rings. The molecule has 0 bridgehead atoms. The van der Waals surface area contributed by atoms with Crippen LogP contribution in [0.1, 0.15) is 11.3 Å². The standard InChI is InChI=1S/C17H15N2S/c1-13-12-20-17-18(11-14-7-3-2-4-8-14)15-9-5-6-10-16(15)19(13)17/h2-10,12H,11H2,1H3/q+1. The Kier molecular flexibility index (Phi) is 2.60. The first-order valence-corrected chi connectivity index (χ1v) is 7.63. The molecule has 0 saturated carbocycles. The number of hydrogen-bond donors (Lipinski definition) is 0. The molecule has 0 radical (unpaired) electrons. The van der Waals surface area contributed by atoms with Crippen molar-refractivity contribution in [2.75, 3.05) is 0 Å². The van der Waals surface area contributed by atoms with Gasteiger partial charge in [-0.3, -0.25) is 0 Å². The van der Waals surface area contributed by atoms with Crippen molar-refractivity contribution in [1.29, 1.82) is 0 Å². The van der Waals surface area contributed by atoms with Gasteiger partial charge in [-0.2, -0.15) is 4.40 Å². The Morgan fingerprint density at radius 3 is 2.60 bits per heavy atom. The lowest BCUT2D eigenvalue weighted by atomic mass is 10.2. The van der Waals surface area contributed by atoms with Crippen LogP contribution >= 0.6 is 11.3 Å². The van der Waals surface area contributed by atoms with E-state index in [1.54, 1.807) is 0 Å². The highest BCUT2D eigenvalue weighted by molar-refractivity contribution is 7.14. The molecule has 0 aliphatic carbocycles. The summed E-state index contributed by atoms with van der Waals surface area (Å²) < 4.78 is 4.76. The third kappa shape index (κ3) is 1.67. The fraction of sp³-hybridized carbons (Fsp3) is 0.118. The minimum absolute atomic E-state index is 0.914. The Balaban J connectivity index is 2.01. The van der Waals surface area contributed by atoms with Crippen LogP contribution in [0.15, 0.2) is 60.0 Å². The quantitative estimate of drug-likeness (QED) is 0.493. The number of thiazole rings is 1. The molecule has 2 aromatic carbocycles. The van der Waals surface area contributed by atoms with E-state index in [0.717, 1.165) is 6.54 Å². The molecule has 98 valence electrons. The van der Waals surface area contributed by atoms with Gasteiger partial charge in [-0.15, -0.1) is 0 Å². The number of benzene rings is 2. The zero-order valence-electron chi connectivity index (χ0n) is 11.3. The molecule has 0 aliphatic rings. The average Bonchev–Trinajstić information content (AvgIpc) is 3.01. The Hall–Kier alpha value is -2.13. The summed E-state index contributed by atoms with van der Waals surface area (Å²) in [5.41, 5.74) is 5.22. The fourth-order valence-corrected chi connectivity index (χ4v) is 3.79. The van der Waals surface area contributed by atoms with E-state index in [9.17, 15) is 0 Å². The summed E-state index contributed by atoms with van der Waals surface area (Å²) >= 11 is 1.81. The number of hydrogen-bond acceptors (Lipinski definition) is 1. The van der Waals surface area contributed by atoms with Crippen LogP contribution in [0.2, 0.25) is 0 Å². The molecule has 4 rings (SSSR count). The molecule has 0 atom stereocenters. The smallest absolute Gasteiger partial charge is 0.209 e. The predicted molar refractivity (Wildman–Crippen MR) is 83.3 cm³/mol. The van der Waals surface area contributed by atoms with E-state index < -0.39 is 0 Å². The van der Waals surface area contributed by atoms with Crippen molar-refractivity contribution in [1.82, 2.24) is 4.40 Å². The van der Waals surface area contributed by atoms with Gasteiger partial charge in [-0.25, -0.2) is 4.57 Å². The van der Waals surface area contributed by atoms with Gasteiger partial charge < -0.3 is 0 Å². The SMILES string of the molecule is Cc1csc2n1c1ccccc1[n+]2Cc1ccccc1. The van der Waals surface area contributed by atoms with Gasteiger partial charge in [0.1, 0.15) is 12.2 Å². The zero-order chi connectivity index (χ0) is 13.5. The van der Waals surface area contributed by atoms with Crippen molar-refractivity contribution in [2.45, 2.75) is 13.5 Å². The van der Waals surface area contributed by atoms with Crippen molar-refractivity contribution in [3.8, 4) is 0 Å². The Morgan fingerprint density at radius 1 is 1.00 bits per heavy atom. The summed E-state index contributed by atoms with van der Waals surface area (Å²) in [6.07, 6.45) is 0. The highest BCUT2D eigenvalue weighted by atomic mass is 32.1. The lowest BCUT2D eigenvalue weighted by Gasteiger charge is -1.98. The molecular weight excluding hydrogens is 264 g/mol. The largest absolute Gasteiger partial charge is 0.347 e. The summed E-state index contributed by atoms with van der Waals surface area (Å²) in [5, 5.41) is 2.23. The topological polar surface area (TPSA) is 8.29 Å². The molecule has 2 nitrogen and oxygen atoms in total. The number of nitrogens with zero attached hydrogens (tertiary/aromatic N) is 2. The van der Waals surface area contributed by atoms with Crippen molar-refractivity contribution in [3.05, 3.63) is 71.2 Å². The third-order valence-corrected chi connectivity index (χ3v) is 4.78. The number of fused-ring (bicyclic) bond motifs is 3. The van der Waals surface area contributed by atoms with Crippen molar-refractivity contribution in [3.63, 3.8) is 0 Å². The van der Waals surface area contributed by atoms with Crippen LogP contribution in [0.25, 0.3) is 16.0 Å². The summed E-state index contributed by atoms with van der Waals surface area (Å²) in [6.45, 7) is 3.08. The van der Waals surface area contributed by atoms with Gasteiger partial charge in [0.15, 0.2) is 11.0 Å². The normalized spacial score (nSPS) is 11.4. The minimum atomic E-state index is 0.914. The van der Waals surface area contributed by atoms with Crippen LogP contribution in [-0.4, -0.2) is 4.40 Å². The average molecular weight is 279 g/mol. The molecule has 0 fully saturated rings. The first kappa shape index (κ1) is 11.7. The Morgan fingerprint density at radius 2 is 1.75 bits per heavy atom. The second-order valence-electron chi connectivity index (χ2n) is 5.06. The summed E-state index contributed by atoms with van der Waals surface area (Å²) in [7, 11) is 0. The zero-order valence-corrected chi connectivity index (χ0v) is 12.1. The van der Waals surface area contributed by atoms with Gasteiger partial charge in [0.2, 0.25) is 0 Å². The number of aromatic nitrogens is 2. The van der Waals surface area contributed by atoms with Gasteiger partial charge in [0, 0.05) is 5.38 Å². The minimum Gasteiger partial charge on any atom is -0.209 e. The Labute approximate surface area is 121 Å². The van der Waals surface area contributed by atoms with E-state index in [0.29, 0.717) is 0 Å². The van der Waals surface area contributed by atoms with Crippen LogP contribution in [0, 0.1) is 6.92 Å². The van der Waals surface area contributed by atoms with Crippen molar-refractivity contribution in [2.24, 2.45) is 0 Å².